The molecule has 2 saturated carbocycles. The topological polar surface area (TPSA) is 130 Å². The molecule has 2 N–H and O–H groups in total. The van der Waals surface area contributed by atoms with Crippen molar-refractivity contribution in [3.63, 3.8) is 0 Å². The summed E-state index contributed by atoms with van der Waals surface area (Å²) in [5, 5.41) is 13.2. The van der Waals surface area contributed by atoms with E-state index >= 15 is 0 Å². The third kappa shape index (κ3) is 10.1. The number of nitrogens with zero attached hydrogens (tertiary/aromatic N) is 13. The molecule has 3 fully saturated rings. The summed E-state index contributed by atoms with van der Waals surface area (Å²) in [5.41, 5.74) is 14.5. The van der Waals surface area contributed by atoms with Gasteiger partial charge in [-0.15, -0.1) is 0 Å². The zero-order chi connectivity index (χ0) is 50.8. The molecule has 1 saturated heterocycles. The van der Waals surface area contributed by atoms with Crippen molar-refractivity contribution < 1.29 is 19.2 Å². The van der Waals surface area contributed by atoms with Gasteiger partial charge in [-0.2, -0.15) is 0 Å². The maximum atomic E-state index is 5.53. The molecule has 10 heterocycles. The number of rotatable bonds is 12. The van der Waals surface area contributed by atoms with Crippen LogP contribution in [0.25, 0.3) is 0 Å². The first-order valence-corrected chi connectivity index (χ1v) is 27.1. The number of hydrogen-bond donors (Lipinski definition) is 2. The average molecular weight is 1000 g/mol. The van der Waals surface area contributed by atoms with Gasteiger partial charge in [-0.3, -0.25) is 14.5 Å². The summed E-state index contributed by atoms with van der Waals surface area (Å²) in [4.78, 5) is 47.4. The van der Waals surface area contributed by atoms with E-state index in [2.05, 4.69) is 86.5 Å². The first-order valence-electron chi connectivity index (χ1n) is 27.1. The summed E-state index contributed by atoms with van der Waals surface area (Å²) in [7, 11) is 5.12. The van der Waals surface area contributed by atoms with Gasteiger partial charge in [0, 0.05) is 64.4 Å². The summed E-state index contributed by atoms with van der Waals surface area (Å²) < 4.78 is 5.53. The van der Waals surface area contributed by atoms with Gasteiger partial charge in [0.05, 0.1) is 106 Å². The smallest absolute Gasteiger partial charge is 0.139 e. The van der Waals surface area contributed by atoms with Crippen molar-refractivity contribution in [2.45, 2.75) is 111 Å². The van der Waals surface area contributed by atoms with E-state index in [1.807, 2.05) is 52.4 Å². The van der Waals surface area contributed by atoms with E-state index in [9.17, 15) is 0 Å². The molecule has 12 aliphatic rings. The van der Waals surface area contributed by atoms with Gasteiger partial charge < -0.3 is 49.7 Å². The van der Waals surface area contributed by atoms with E-state index in [4.69, 9.17) is 34.2 Å². The van der Waals surface area contributed by atoms with Gasteiger partial charge in [-0.1, -0.05) is 32.6 Å². The van der Waals surface area contributed by atoms with E-state index in [1.165, 1.54) is 103 Å². The molecule has 396 valence electrons. The number of morpholine rings is 1. The number of nitrogens with one attached hydrogen (secondary N) is 2. The second-order valence-corrected chi connectivity index (χ2v) is 20.7. The minimum atomic E-state index is 0.595. The Morgan fingerprint density at radius 2 is 0.945 bits per heavy atom. The fourth-order valence-corrected chi connectivity index (χ4v) is 12.1. The molecule has 0 bridgehead atoms. The highest BCUT2D eigenvalue weighted by Crippen LogP contribution is 2.41. The van der Waals surface area contributed by atoms with Crippen LogP contribution in [-0.4, -0.2) is 187 Å². The van der Waals surface area contributed by atoms with Gasteiger partial charge in [0.15, 0.2) is 0 Å². The molecule has 0 aromatic carbocycles. The fourth-order valence-electron chi connectivity index (χ4n) is 12.1. The van der Waals surface area contributed by atoms with Crippen molar-refractivity contribution in [2.75, 3.05) is 107 Å². The van der Waals surface area contributed by atoms with Crippen LogP contribution in [0.3, 0.4) is 0 Å². The van der Waals surface area contributed by atoms with Crippen LogP contribution in [0.1, 0.15) is 99.3 Å². The lowest BCUT2D eigenvalue weighted by Crippen LogP contribution is -2.45. The average Bonchev–Trinajstić information content (AvgIpc) is 4.29. The zero-order valence-electron chi connectivity index (χ0n) is 45.1. The monoisotopic (exact) mass is 1000 g/mol. The molecule has 73 heavy (non-hydrogen) atoms. The first kappa shape index (κ1) is 50.6. The lowest BCUT2D eigenvalue weighted by Gasteiger charge is -2.43. The zero-order valence-corrected chi connectivity index (χ0v) is 45.1. The highest BCUT2D eigenvalue weighted by atomic mass is 16.7. The number of fused-ring (bicyclic) bond motifs is 6. The highest BCUT2D eigenvalue weighted by Gasteiger charge is 2.40. The molecule has 19 nitrogen and oxygen atoms in total. The Hall–Kier alpha value is -5.89. The minimum absolute atomic E-state index is 0.595. The molecular formula is C54H81N15O4. The lowest BCUT2D eigenvalue weighted by atomic mass is 10.0. The minimum Gasteiger partial charge on any atom is -0.380 e. The van der Waals surface area contributed by atoms with E-state index < -0.39 is 0 Å². The first-order chi connectivity index (χ1) is 35.6. The Kier molecular flexibility index (Phi) is 15.5. The summed E-state index contributed by atoms with van der Waals surface area (Å²) in [6.07, 6.45) is 23.5. The molecule has 0 aromatic rings. The summed E-state index contributed by atoms with van der Waals surface area (Å²) in [5.74, 6) is 3.62. The third-order valence-electron chi connectivity index (χ3n) is 15.8. The Morgan fingerprint density at radius 1 is 0.548 bits per heavy atom. The second kappa shape index (κ2) is 22.3. The standard InChI is InChI=1S/C19H29N5O.C18H27N5O.C17H25N5O2/c1-4-9-22-11-14(2)17(21-15-7-5-6-8-15)18-19(22)24-13-23(25-3)12-16(24)10-20-18;1-4-21-10-13(2)16(20-14-7-5-6-8-14)17-18(21)23-12-22(24-3)11-15(23)9-19-17;1-4-19-10-13(2)16(20-5-7-24-8-6-20)15-17(19)22-12-21(23-3)11-14(22)9-18-15/h10,12,15,21H,4-9,11,13H2,1-3H3;9,11,14,20H,4-8,10,12H2,1-3H3;9,11H,4-8,10,12H2,1-3H3. The van der Waals surface area contributed by atoms with E-state index in [1.54, 1.807) is 21.3 Å². The Bertz CT molecular complexity index is 2480. The lowest BCUT2D eigenvalue weighted by molar-refractivity contribution is -0.0971. The predicted octanol–water partition coefficient (Wildman–Crippen LogP) is 6.27. The molecule has 0 amide bonds. The van der Waals surface area contributed by atoms with Gasteiger partial charge in [-0.25, -0.2) is 30.2 Å². The van der Waals surface area contributed by atoms with Crippen molar-refractivity contribution in [1.29, 1.82) is 0 Å². The maximum Gasteiger partial charge on any atom is 0.139 e. The van der Waals surface area contributed by atoms with Crippen LogP contribution in [0.5, 0.6) is 0 Å². The van der Waals surface area contributed by atoms with E-state index in [0.717, 1.165) is 106 Å². The molecule has 19 heteroatoms. The Morgan fingerprint density at radius 3 is 1.37 bits per heavy atom. The number of hydrogen-bond acceptors (Lipinski definition) is 19. The van der Waals surface area contributed by atoms with Crippen LogP contribution in [0.15, 0.2) is 119 Å². The molecule has 0 aromatic heterocycles. The molecule has 0 spiro atoms. The number of likely N-dealkylation sites (N-methyl/N-ethyl adjacent to an activating group) is 2. The van der Waals surface area contributed by atoms with Crippen LogP contribution < -0.4 is 10.6 Å². The summed E-state index contributed by atoms with van der Waals surface area (Å²) in [6, 6.07) is 1.19. The Labute approximate surface area is 434 Å². The van der Waals surface area contributed by atoms with Crippen LogP contribution in [0.4, 0.5) is 0 Å². The summed E-state index contributed by atoms with van der Waals surface area (Å²) >= 11 is 0. The molecule has 0 radical (unpaired) electrons. The largest absolute Gasteiger partial charge is 0.380 e. The Balaban J connectivity index is 0.000000126. The third-order valence-corrected chi connectivity index (χ3v) is 15.8. The van der Waals surface area contributed by atoms with Crippen molar-refractivity contribution in [1.82, 2.24) is 60.1 Å². The van der Waals surface area contributed by atoms with Crippen LogP contribution in [-0.2, 0) is 19.2 Å². The number of ether oxygens (including phenoxy) is 1. The normalized spacial score (nSPS) is 23.8. The van der Waals surface area contributed by atoms with Crippen LogP contribution in [0.2, 0.25) is 0 Å². The van der Waals surface area contributed by atoms with Crippen LogP contribution >= 0.6 is 0 Å². The predicted molar refractivity (Wildman–Crippen MR) is 285 cm³/mol. The number of aliphatic imine (C=N–C) groups is 3. The van der Waals surface area contributed by atoms with Crippen molar-refractivity contribution in [3.8, 4) is 0 Å². The van der Waals surface area contributed by atoms with Gasteiger partial charge >= 0.3 is 0 Å². The molecule has 0 atom stereocenters. The van der Waals surface area contributed by atoms with Crippen molar-refractivity contribution in [2.24, 2.45) is 15.0 Å². The SMILES string of the molecule is CCCN1CC(C)=C(NC2CCCC2)C2=C1N1CN(OC)C=C1C=N2.CCN1CC(C)=C(N2CCOCC2)C2=C1N1CN(OC)C=C1C=N2.CCN1CC(C)=C(NC2CCCC2)C2=C1N1CN(OC)C=C1C=N2. The number of allylic oxidation sites excluding steroid dienone is 3. The molecular weight excluding hydrogens is 923 g/mol. The molecule has 10 aliphatic heterocycles. The fraction of sp³-hybridized carbons (Fsp3) is 0.611. The highest BCUT2D eigenvalue weighted by molar-refractivity contribution is 5.83. The van der Waals surface area contributed by atoms with E-state index in [0.29, 0.717) is 32.1 Å². The molecule has 0 unspecified atom stereocenters. The van der Waals surface area contributed by atoms with E-state index in [-0.39, 0.29) is 0 Å². The maximum absolute atomic E-state index is 5.53. The quantitative estimate of drug-likeness (QED) is 0.228. The van der Waals surface area contributed by atoms with Gasteiger partial charge in [0.1, 0.15) is 54.6 Å². The number of hydroxylamine groups is 6. The van der Waals surface area contributed by atoms with Gasteiger partial charge in [0.2, 0.25) is 0 Å². The van der Waals surface area contributed by atoms with Crippen LogP contribution in [0, 0.1) is 0 Å². The van der Waals surface area contributed by atoms with Crippen molar-refractivity contribution in [3.05, 3.63) is 104 Å². The second-order valence-electron chi connectivity index (χ2n) is 20.7. The molecule has 2 aliphatic carbocycles. The van der Waals surface area contributed by atoms with Crippen molar-refractivity contribution >= 4 is 18.6 Å². The van der Waals surface area contributed by atoms with Gasteiger partial charge in [-0.05, 0) is 83.4 Å². The summed E-state index contributed by atoms with van der Waals surface area (Å²) in [6.45, 7) is 24.7. The van der Waals surface area contributed by atoms with Gasteiger partial charge in [0.25, 0.3) is 0 Å². The molecule has 12 rings (SSSR count).